The van der Waals surface area contributed by atoms with E-state index >= 15 is 0 Å². The molecule has 1 unspecified atom stereocenters. The number of hydrogen-bond acceptors (Lipinski definition) is 1. The van der Waals surface area contributed by atoms with Crippen LogP contribution in [0.15, 0.2) is 18.2 Å². The Morgan fingerprint density at radius 2 is 1.95 bits per heavy atom. The van der Waals surface area contributed by atoms with Gasteiger partial charge in [-0.1, -0.05) is 39.0 Å². The summed E-state index contributed by atoms with van der Waals surface area (Å²) in [6, 6.07) is 6.35. The van der Waals surface area contributed by atoms with Crippen molar-refractivity contribution in [1.29, 1.82) is 0 Å². The van der Waals surface area contributed by atoms with Gasteiger partial charge in [0, 0.05) is 18.8 Å². The predicted molar refractivity (Wildman–Crippen MR) is 84.2 cm³/mol. The van der Waals surface area contributed by atoms with Crippen molar-refractivity contribution in [3.8, 4) is 0 Å². The average Bonchev–Trinajstić information content (AvgIpc) is 2.47. The van der Waals surface area contributed by atoms with Gasteiger partial charge in [-0.25, -0.2) is 4.79 Å². The van der Waals surface area contributed by atoms with Gasteiger partial charge in [-0.05, 0) is 42.7 Å². The van der Waals surface area contributed by atoms with E-state index < -0.39 is 0 Å². The number of urea groups is 1. The monoisotopic (exact) mass is 274 g/mol. The lowest BCUT2D eigenvalue weighted by Gasteiger charge is -2.31. The second-order valence-corrected chi connectivity index (χ2v) is 5.78. The van der Waals surface area contributed by atoms with E-state index in [0.717, 1.165) is 38.0 Å². The van der Waals surface area contributed by atoms with Crippen LogP contribution in [0.5, 0.6) is 0 Å². The Bertz CT molecular complexity index is 448. The Morgan fingerprint density at radius 3 is 2.50 bits per heavy atom. The van der Waals surface area contributed by atoms with Crippen molar-refractivity contribution in [3.63, 3.8) is 0 Å². The molecule has 0 aliphatic carbocycles. The maximum Gasteiger partial charge on any atom is 0.321 e. The van der Waals surface area contributed by atoms with Crippen LogP contribution >= 0.6 is 0 Å². The molecule has 1 atom stereocenters. The molecule has 1 aromatic rings. The highest BCUT2D eigenvalue weighted by Crippen LogP contribution is 2.24. The lowest BCUT2D eigenvalue weighted by molar-refractivity contribution is 0.182. The van der Waals surface area contributed by atoms with Crippen LogP contribution in [-0.2, 0) is 12.8 Å². The number of para-hydroxylation sites is 1. The molecule has 1 fully saturated rings. The predicted octanol–water partition coefficient (Wildman–Crippen LogP) is 4.08. The molecule has 3 heteroatoms. The van der Waals surface area contributed by atoms with Crippen LogP contribution in [0.3, 0.4) is 0 Å². The third-order valence-electron chi connectivity index (χ3n) is 4.18. The second kappa shape index (κ2) is 6.78. The normalized spacial score (nSPS) is 18.9. The summed E-state index contributed by atoms with van der Waals surface area (Å²) in [5.74, 6) is 0.613. The molecule has 0 radical (unpaired) electrons. The Morgan fingerprint density at radius 1 is 1.30 bits per heavy atom. The summed E-state index contributed by atoms with van der Waals surface area (Å²) >= 11 is 0. The highest BCUT2D eigenvalue weighted by molar-refractivity contribution is 5.91. The molecule has 110 valence electrons. The number of nitrogens with zero attached hydrogens (tertiary/aromatic N) is 1. The number of benzene rings is 1. The van der Waals surface area contributed by atoms with E-state index in [4.69, 9.17) is 0 Å². The Balaban J connectivity index is 2.14. The maximum atomic E-state index is 12.5. The van der Waals surface area contributed by atoms with E-state index in [1.54, 1.807) is 0 Å². The van der Waals surface area contributed by atoms with Crippen LogP contribution in [0.25, 0.3) is 0 Å². The first-order valence-corrected chi connectivity index (χ1v) is 7.82. The average molecular weight is 274 g/mol. The van der Waals surface area contributed by atoms with Crippen LogP contribution in [0.2, 0.25) is 0 Å². The van der Waals surface area contributed by atoms with Crippen molar-refractivity contribution in [2.45, 2.75) is 46.5 Å². The van der Waals surface area contributed by atoms with Crippen molar-refractivity contribution >= 4 is 11.7 Å². The van der Waals surface area contributed by atoms with Crippen molar-refractivity contribution in [2.24, 2.45) is 5.92 Å². The van der Waals surface area contributed by atoms with Crippen LogP contribution in [-0.4, -0.2) is 24.0 Å². The van der Waals surface area contributed by atoms with E-state index in [0.29, 0.717) is 5.92 Å². The molecular weight excluding hydrogens is 248 g/mol. The van der Waals surface area contributed by atoms with Gasteiger partial charge < -0.3 is 10.2 Å². The van der Waals surface area contributed by atoms with Gasteiger partial charge in [0.15, 0.2) is 0 Å². The maximum absolute atomic E-state index is 12.5. The summed E-state index contributed by atoms with van der Waals surface area (Å²) in [7, 11) is 0. The lowest BCUT2D eigenvalue weighted by Crippen LogP contribution is -2.41. The number of hydrogen-bond donors (Lipinski definition) is 1. The molecule has 2 rings (SSSR count). The largest absolute Gasteiger partial charge is 0.324 e. The van der Waals surface area contributed by atoms with Gasteiger partial charge in [-0.3, -0.25) is 0 Å². The number of piperidine rings is 1. The number of carbonyl (C=O) groups excluding carboxylic acids is 1. The molecule has 0 aromatic heterocycles. The number of amides is 2. The SMILES string of the molecule is CCc1cccc(CC)c1NC(=O)N1CCCC(C)C1. The van der Waals surface area contributed by atoms with Crippen LogP contribution in [0.4, 0.5) is 10.5 Å². The highest BCUT2D eigenvalue weighted by Gasteiger charge is 2.21. The standard InChI is InChI=1S/C17H26N2O/c1-4-14-9-6-10-15(5-2)16(14)18-17(20)19-11-7-8-13(3)12-19/h6,9-10,13H,4-5,7-8,11-12H2,1-3H3,(H,18,20). The first-order valence-electron chi connectivity index (χ1n) is 7.82. The van der Waals surface area contributed by atoms with Gasteiger partial charge in [0.25, 0.3) is 0 Å². The Labute approximate surface area is 122 Å². The van der Waals surface area contributed by atoms with E-state index in [2.05, 4.69) is 44.3 Å². The molecule has 1 aliphatic rings. The van der Waals surface area contributed by atoms with Crippen molar-refractivity contribution in [2.75, 3.05) is 18.4 Å². The molecule has 0 spiro atoms. The highest BCUT2D eigenvalue weighted by atomic mass is 16.2. The minimum Gasteiger partial charge on any atom is -0.324 e. The minimum atomic E-state index is 0.0622. The molecule has 1 saturated heterocycles. The number of rotatable bonds is 3. The fourth-order valence-corrected chi connectivity index (χ4v) is 2.96. The summed E-state index contributed by atoms with van der Waals surface area (Å²) in [4.78, 5) is 14.4. The molecule has 2 amide bonds. The molecular formula is C17H26N2O. The van der Waals surface area contributed by atoms with Gasteiger partial charge in [-0.15, -0.1) is 0 Å². The van der Waals surface area contributed by atoms with Crippen LogP contribution in [0, 0.1) is 5.92 Å². The molecule has 20 heavy (non-hydrogen) atoms. The summed E-state index contributed by atoms with van der Waals surface area (Å²) in [5, 5.41) is 3.16. The van der Waals surface area contributed by atoms with Crippen LogP contribution in [0.1, 0.15) is 44.7 Å². The molecule has 1 aliphatic heterocycles. The number of carbonyl (C=O) groups is 1. The van der Waals surface area contributed by atoms with Crippen LogP contribution < -0.4 is 5.32 Å². The fraction of sp³-hybridized carbons (Fsp3) is 0.588. The smallest absolute Gasteiger partial charge is 0.321 e. The first kappa shape index (κ1) is 14.9. The summed E-state index contributed by atoms with van der Waals surface area (Å²) in [5.41, 5.74) is 3.48. The number of anilines is 1. The molecule has 0 bridgehead atoms. The number of nitrogens with one attached hydrogen (secondary N) is 1. The zero-order chi connectivity index (χ0) is 14.5. The summed E-state index contributed by atoms with van der Waals surface area (Å²) in [6.07, 6.45) is 4.24. The summed E-state index contributed by atoms with van der Waals surface area (Å²) in [6.45, 7) is 8.24. The van der Waals surface area contributed by atoms with Crippen molar-refractivity contribution in [1.82, 2.24) is 4.90 Å². The molecule has 1 N–H and O–H groups in total. The molecule has 1 aromatic carbocycles. The van der Waals surface area contributed by atoms with Gasteiger partial charge in [-0.2, -0.15) is 0 Å². The molecule has 0 saturated carbocycles. The number of aryl methyl sites for hydroxylation is 2. The second-order valence-electron chi connectivity index (χ2n) is 5.78. The van der Waals surface area contributed by atoms with Gasteiger partial charge in [0.1, 0.15) is 0 Å². The molecule has 3 nitrogen and oxygen atoms in total. The zero-order valence-corrected chi connectivity index (χ0v) is 12.9. The Kier molecular flexibility index (Phi) is 5.05. The zero-order valence-electron chi connectivity index (χ0n) is 12.9. The quantitative estimate of drug-likeness (QED) is 0.885. The van der Waals surface area contributed by atoms with E-state index in [9.17, 15) is 4.79 Å². The van der Waals surface area contributed by atoms with Gasteiger partial charge >= 0.3 is 6.03 Å². The van der Waals surface area contributed by atoms with E-state index in [1.165, 1.54) is 17.5 Å². The number of likely N-dealkylation sites (tertiary alicyclic amines) is 1. The third-order valence-corrected chi connectivity index (χ3v) is 4.18. The molecule has 1 heterocycles. The van der Waals surface area contributed by atoms with E-state index in [-0.39, 0.29) is 6.03 Å². The third kappa shape index (κ3) is 3.33. The first-order chi connectivity index (χ1) is 9.65. The minimum absolute atomic E-state index is 0.0622. The van der Waals surface area contributed by atoms with Gasteiger partial charge in [0.2, 0.25) is 0 Å². The topological polar surface area (TPSA) is 32.3 Å². The van der Waals surface area contributed by atoms with Gasteiger partial charge in [0.05, 0.1) is 0 Å². The van der Waals surface area contributed by atoms with E-state index in [1.807, 2.05) is 4.90 Å². The fourth-order valence-electron chi connectivity index (χ4n) is 2.96. The van der Waals surface area contributed by atoms with Crippen molar-refractivity contribution < 1.29 is 4.79 Å². The lowest BCUT2D eigenvalue weighted by atomic mass is 10.0. The Hall–Kier alpha value is -1.51. The van der Waals surface area contributed by atoms with Crippen molar-refractivity contribution in [3.05, 3.63) is 29.3 Å². The summed E-state index contributed by atoms with van der Waals surface area (Å²) < 4.78 is 0.